The van der Waals surface area contributed by atoms with E-state index in [-0.39, 0.29) is 29.4 Å². The van der Waals surface area contributed by atoms with Gasteiger partial charge in [-0.2, -0.15) is 0 Å². The van der Waals surface area contributed by atoms with Gasteiger partial charge >= 0.3 is 0 Å². The SMILES string of the molecule is C[C@H](NC(=O)CN1CCN(c2ccccc2[N+](=O)[O-])CC1)c1ccc2c(c1)OCO2. The minimum Gasteiger partial charge on any atom is -0.454 e. The van der Waals surface area contributed by atoms with Crippen LogP contribution in [-0.4, -0.2) is 55.2 Å². The van der Waals surface area contributed by atoms with E-state index in [2.05, 4.69) is 10.2 Å². The minimum atomic E-state index is -0.354. The number of fused-ring (bicyclic) bond motifs is 1. The molecule has 1 amide bonds. The number of hydrogen-bond donors (Lipinski definition) is 1. The molecule has 1 N–H and O–H groups in total. The number of nitrogens with zero attached hydrogens (tertiary/aromatic N) is 3. The van der Waals surface area contributed by atoms with E-state index >= 15 is 0 Å². The third-order valence-corrected chi connectivity index (χ3v) is 5.43. The van der Waals surface area contributed by atoms with Crippen LogP contribution in [0.4, 0.5) is 11.4 Å². The lowest BCUT2D eigenvalue weighted by atomic mass is 10.1. The summed E-state index contributed by atoms with van der Waals surface area (Å²) < 4.78 is 10.7. The second kappa shape index (κ2) is 8.58. The molecule has 0 bridgehead atoms. The van der Waals surface area contributed by atoms with Crippen LogP contribution in [0.25, 0.3) is 0 Å². The molecule has 2 aromatic carbocycles. The fraction of sp³-hybridized carbons (Fsp3) is 0.381. The lowest BCUT2D eigenvalue weighted by Crippen LogP contribution is -2.49. The van der Waals surface area contributed by atoms with E-state index in [4.69, 9.17) is 9.47 Å². The van der Waals surface area contributed by atoms with E-state index in [1.54, 1.807) is 18.2 Å². The van der Waals surface area contributed by atoms with Crippen LogP contribution in [0.1, 0.15) is 18.5 Å². The van der Waals surface area contributed by atoms with Gasteiger partial charge in [0.2, 0.25) is 12.7 Å². The molecule has 0 spiro atoms. The largest absolute Gasteiger partial charge is 0.454 e. The highest BCUT2D eigenvalue weighted by atomic mass is 16.7. The Kier molecular flexibility index (Phi) is 5.71. The van der Waals surface area contributed by atoms with Gasteiger partial charge in [-0.25, -0.2) is 0 Å². The number of nitro groups is 1. The quantitative estimate of drug-likeness (QED) is 0.574. The molecule has 2 aliphatic rings. The topological polar surface area (TPSA) is 97.2 Å². The molecule has 0 aromatic heterocycles. The summed E-state index contributed by atoms with van der Waals surface area (Å²) in [5, 5.41) is 14.3. The van der Waals surface area contributed by atoms with Crippen LogP contribution in [0.3, 0.4) is 0 Å². The van der Waals surface area contributed by atoms with Crippen molar-refractivity contribution in [3.05, 3.63) is 58.1 Å². The summed E-state index contributed by atoms with van der Waals surface area (Å²) in [5.41, 5.74) is 1.69. The molecule has 2 heterocycles. The van der Waals surface area contributed by atoms with E-state index < -0.39 is 0 Å². The van der Waals surface area contributed by atoms with Crippen LogP contribution in [-0.2, 0) is 4.79 Å². The first-order valence-electron chi connectivity index (χ1n) is 9.91. The van der Waals surface area contributed by atoms with E-state index in [0.29, 0.717) is 49.9 Å². The average molecular weight is 412 g/mol. The third-order valence-electron chi connectivity index (χ3n) is 5.43. The van der Waals surface area contributed by atoms with Crippen LogP contribution in [0.5, 0.6) is 11.5 Å². The van der Waals surface area contributed by atoms with Crippen LogP contribution in [0.15, 0.2) is 42.5 Å². The molecule has 1 saturated heterocycles. The first-order valence-corrected chi connectivity index (χ1v) is 9.91. The van der Waals surface area contributed by atoms with Crippen molar-refractivity contribution in [2.75, 3.05) is 44.4 Å². The molecular formula is C21H24N4O5. The van der Waals surface area contributed by atoms with Gasteiger partial charge in [-0.15, -0.1) is 0 Å². The third kappa shape index (κ3) is 4.30. The van der Waals surface area contributed by atoms with Crippen molar-refractivity contribution in [3.63, 3.8) is 0 Å². The van der Waals surface area contributed by atoms with Crippen molar-refractivity contribution in [3.8, 4) is 11.5 Å². The maximum atomic E-state index is 12.5. The van der Waals surface area contributed by atoms with Gasteiger partial charge in [0.25, 0.3) is 5.69 Å². The lowest BCUT2D eigenvalue weighted by Gasteiger charge is -2.35. The van der Waals surface area contributed by atoms with Crippen LogP contribution in [0.2, 0.25) is 0 Å². The predicted octanol–water partition coefficient (Wildman–Crippen LogP) is 2.32. The molecule has 158 valence electrons. The number of nitro benzene ring substituents is 1. The second-order valence-corrected chi connectivity index (χ2v) is 7.41. The van der Waals surface area contributed by atoms with Crippen molar-refractivity contribution in [1.29, 1.82) is 0 Å². The van der Waals surface area contributed by atoms with E-state index in [0.717, 1.165) is 5.56 Å². The minimum absolute atomic E-state index is 0.0562. The van der Waals surface area contributed by atoms with Gasteiger partial charge in [0.15, 0.2) is 11.5 Å². The summed E-state index contributed by atoms with van der Waals surface area (Å²) in [6.45, 7) is 5.04. The molecule has 30 heavy (non-hydrogen) atoms. The van der Waals surface area contributed by atoms with Crippen LogP contribution < -0.4 is 19.7 Å². The van der Waals surface area contributed by atoms with Crippen molar-refractivity contribution < 1.29 is 19.2 Å². The van der Waals surface area contributed by atoms with Crippen molar-refractivity contribution >= 4 is 17.3 Å². The Morgan fingerprint density at radius 2 is 1.87 bits per heavy atom. The monoisotopic (exact) mass is 412 g/mol. The number of carbonyl (C=O) groups excluding carboxylic acids is 1. The molecule has 9 nitrogen and oxygen atoms in total. The van der Waals surface area contributed by atoms with Crippen LogP contribution in [0, 0.1) is 10.1 Å². The Balaban J connectivity index is 1.29. The number of hydrogen-bond acceptors (Lipinski definition) is 7. The molecule has 0 saturated carbocycles. The fourth-order valence-electron chi connectivity index (χ4n) is 3.79. The molecule has 4 rings (SSSR count). The molecule has 1 atom stereocenters. The summed E-state index contributed by atoms with van der Waals surface area (Å²) in [6, 6.07) is 12.3. The van der Waals surface area contributed by atoms with Gasteiger partial charge in [0.05, 0.1) is 17.5 Å². The van der Waals surface area contributed by atoms with Gasteiger partial charge in [-0.1, -0.05) is 18.2 Å². The maximum Gasteiger partial charge on any atom is 0.292 e. The van der Waals surface area contributed by atoms with Gasteiger partial charge in [0, 0.05) is 32.2 Å². The second-order valence-electron chi connectivity index (χ2n) is 7.41. The Morgan fingerprint density at radius 3 is 2.63 bits per heavy atom. The van der Waals surface area contributed by atoms with E-state index in [1.807, 2.05) is 30.0 Å². The first-order chi connectivity index (χ1) is 14.5. The highest BCUT2D eigenvalue weighted by Gasteiger charge is 2.24. The van der Waals surface area contributed by atoms with Crippen molar-refractivity contribution in [2.24, 2.45) is 0 Å². The summed E-state index contributed by atoms with van der Waals surface area (Å²) in [7, 11) is 0. The highest BCUT2D eigenvalue weighted by molar-refractivity contribution is 5.78. The highest BCUT2D eigenvalue weighted by Crippen LogP contribution is 2.34. The van der Waals surface area contributed by atoms with E-state index in [1.165, 1.54) is 6.07 Å². The Hall–Kier alpha value is -3.33. The normalized spacial score (nSPS) is 16.9. The maximum absolute atomic E-state index is 12.5. The smallest absolute Gasteiger partial charge is 0.292 e. The summed E-state index contributed by atoms with van der Waals surface area (Å²) in [4.78, 5) is 27.5. The molecule has 1 fully saturated rings. The van der Waals surface area contributed by atoms with Gasteiger partial charge in [0.1, 0.15) is 5.69 Å². The number of para-hydroxylation sites is 2. The Morgan fingerprint density at radius 1 is 1.13 bits per heavy atom. The molecule has 9 heteroatoms. The number of piperazine rings is 1. The number of rotatable bonds is 6. The molecule has 2 aromatic rings. The van der Waals surface area contributed by atoms with Crippen LogP contribution >= 0.6 is 0 Å². The standard InChI is InChI=1S/C21H24N4O5/c1-15(16-6-7-19-20(12-16)30-14-29-19)22-21(26)13-23-8-10-24(11-9-23)17-4-2-3-5-18(17)25(27)28/h2-7,12,15H,8-11,13-14H2,1H3,(H,22,26)/t15-/m0/s1. The summed E-state index contributed by atoms with van der Waals surface area (Å²) in [6.07, 6.45) is 0. The lowest BCUT2D eigenvalue weighted by molar-refractivity contribution is -0.384. The number of ether oxygens (including phenoxy) is 2. The Labute approximate surface area is 174 Å². The number of amides is 1. The Bertz CT molecular complexity index is 943. The average Bonchev–Trinajstić information content (AvgIpc) is 3.22. The molecule has 0 radical (unpaired) electrons. The number of benzene rings is 2. The molecule has 0 unspecified atom stereocenters. The molecule has 2 aliphatic heterocycles. The number of nitrogens with one attached hydrogen (secondary N) is 1. The fourth-order valence-corrected chi connectivity index (χ4v) is 3.79. The summed E-state index contributed by atoms with van der Waals surface area (Å²) in [5.74, 6) is 1.35. The van der Waals surface area contributed by atoms with E-state index in [9.17, 15) is 14.9 Å². The van der Waals surface area contributed by atoms with Gasteiger partial charge in [-0.05, 0) is 30.7 Å². The van der Waals surface area contributed by atoms with Gasteiger partial charge in [-0.3, -0.25) is 19.8 Å². The zero-order valence-electron chi connectivity index (χ0n) is 16.7. The zero-order chi connectivity index (χ0) is 21.1. The first kappa shape index (κ1) is 20.0. The van der Waals surface area contributed by atoms with Crippen molar-refractivity contribution in [1.82, 2.24) is 10.2 Å². The number of carbonyl (C=O) groups is 1. The molecule has 0 aliphatic carbocycles. The zero-order valence-corrected chi connectivity index (χ0v) is 16.7. The van der Waals surface area contributed by atoms with Gasteiger partial charge < -0.3 is 19.7 Å². The number of anilines is 1. The predicted molar refractivity (Wildman–Crippen MR) is 111 cm³/mol. The summed E-state index contributed by atoms with van der Waals surface area (Å²) >= 11 is 0. The van der Waals surface area contributed by atoms with Crippen molar-refractivity contribution in [2.45, 2.75) is 13.0 Å². The molecular weight excluding hydrogens is 388 g/mol.